The molecule has 0 radical (unpaired) electrons. The van der Waals surface area contributed by atoms with Gasteiger partial charge < -0.3 is 9.30 Å². The van der Waals surface area contributed by atoms with Crippen LogP contribution in [-0.4, -0.2) is 43.8 Å². The van der Waals surface area contributed by atoms with E-state index in [1.165, 1.54) is 0 Å². The Bertz CT molecular complexity index is 728. The van der Waals surface area contributed by atoms with Crippen molar-refractivity contribution in [3.8, 4) is 5.75 Å². The van der Waals surface area contributed by atoms with Gasteiger partial charge in [-0.05, 0) is 12.1 Å². The molecular formula is C13H18ClN3O3S. The van der Waals surface area contributed by atoms with Gasteiger partial charge in [-0.2, -0.15) is 0 Å². The van der Waals surface area contributed by atoms with Crippen LogP contribution in [-0.2, 0) is 23.0 Å². The second-order valence-corrected chi connectivity index (χ2v) is 6.85. The third kappa shape index (κ3) is 4.09. The summed E-state index contributed by atoms with van der Waals surface area (Å²) in [6, 6.07) is 5.63. The Morgan fingerprint density at radius 3 is 2.81 bits per heavy atom. The number of nitrogens with one attached hydrogen (secondary N) is 1. The minimum absolute atomic E-state index is 0.311. The number of sulfonamides is 1. The topological polar surface area (TPSA) is 73.2 Å². The van der Waals surface area contributed by atoms with E-state index >= 15 is 0 Å². The van der Waals surface area contributed by atoms with Crippen LogP contribution in [0.25, 0.3) is 11.0 Å². The third-order valence-corrected chi connectivity index (χ3v) is 3.97. The highest BCUT2D eigenvalue weighted by Crippen LogP contribution is 2.22. The van der Waals surface area contributed by atoms with E-state index in [9.17, 15) is 8.42 Å². The molecule has 0 aliphatic carbocycles. The Hall–Kier alpha value is -1.31. The third-order valence-electron chi connectivity index (χ3n) is 3.05. The van der Waals surface area contributed by atoms with Crippen molar-refractivity contribution in [1.29, 1.82) is 0 Å². The van der Waals surface area contributed by atoms with E-state index in [1.54, 1.807) is 7.11 Å². The quantitative estimate of drug-likeness (QED) is 0.778. The molecule has 1 aromatic heterocycles. The maximum absolute atomic E-state index is 11.1. The Morgan fingerprint density at radius 1 is 1.43 bits per heavy atom. The van der Waals surface area contributed by atoms with Gasteiger partial charge in [0.2, 0.25) is 10.0 Å². The molecule has 0 unspecified atom stereocenters. The number of imidazole rings is 1. The maximum Gasteiger partial charge on any atom is 0.208 e. The molecule has 21 heavy (non-hydrogen) atoms. The lowest BCUT2D eigenvalue weighted by atomic mass is 10.3. The zero-order valence-electron chi connectivity index (χ0n) is 12.0. The molecule has 0 spiro atoms. The molecule has 1 heterocycles. The molecule has 0 aliphatic rings. The average molecular weight is 332 g/mol. The highest BCUT2D eigenvalue weighted by atomic mass is 35.5. The van der Waals surface area contributed by atoms with E-state index in [0.29, 0.717) is 25.4 Å². The fourth-order valence-electron chi connectivity index (χ4n) is 2.15. The van der Waals surface area contributed by atoms with Crippen molar-refractivity contribution in [2.24, 2.45) is 0 Å². The number of hydrogen-bond donors (Lipinski definition) is 1. The van der Waals surface area contributed by atoms with Crippen LogP contribution in [0.3, 0.4) is 0 Å². The largest absolute Gasteiger partial charge is 0.497 e. The van der Waals surface area contributed by atoms with Gasteiger partial charge in [0, 0.05) is 31.5 Å². The highest BCUT2D eigenvalue weighted by Gasteiger charge is 2.11. The number of ether oxygens (including phenoxy) is 1. The van der Waals surface area contributed by atoms with Crippen LogP contribution in [0.15, 0.2) is 18.2 Å². The summed E-state index contributed by atoms with van der Waals surface area (Å²) < 4.78 is 31.9. The highest BCUT2D eigenvalue weighted by molar-refractivity contribution is 7.88. The molecule has 2 aromatic rings. The summed E-state index contributed by atoms with van der Waals surface area (Å²) in [4.78, 5) is 4.55. The first-order valence-electron chi connectivity index (χ1n) is 6.48. The minimum Gasteiger partial charge on any atom is -0.497 e. The minimum atomic E-state index is -3.20. The first-order valence-corrected chi connectivity index (χ1v) is 8.91. The van der Waals surface area contributed by atoms with E-state index in [4.69, 9.17) is 16.3 Å². The average Bonchev–Trinajstić information content (AvgIpc) is 2.75. The predicted octanol–water partition coefficient (Wildman–Crippen LogP) is 1.38. The molecule has 0 saturated carbocycles. The Morgan fingerprint density at radius 2 is 2.19 bits per heavy atom. The Kier molecular flexibility index (Phi) is 5.08. The van der Waals surface area contributed by atoms with E-state index < -0.39 is 10.0 Å². The van der Waals surface area contributed by atoms with Gasteiger partial charge in [0.1, 0.15) is 11.6 Å². The lowest BCUT2D eigenvalue weighted by Gasteiger charge is -2.09. The molecular weight excluding hydrogens is 314 g/mol. The van der Waals surface area contributed by atoms with E-state index in [0.717, 1.165) is 28.9 Å². The number of alkyl halides is 1. The van der Waals surface area contributed by atoms with Crippen LogP contribution in [0, 0.1) is 0 Å². The number of nitrogens with zero attached hydrogens (tertiary/aromatic N) is 2. The molecule has 116 valence electrons. The Balaban J connectivity index is 2.32. The normalized spacial score (nSPS) is 12.0. The van der Waals surface area contributed by atoms with E-state index in [1.807, 2.05) is 22.8 Å². The first-order chi connectivity index (χ1) is 9.94. The van der Waals surface area contributed by atoms with Crippen molar-refractivity contribution in [1.82, 2.24) is 14.3 Å². The molecule has 0 atom stereocenters. The van der Waals surface area contributed by atoms with Crippen molar-refractivity contribution >= 4 is 32.7 Å². The molecule has 1 aromatic carbocycles. The summed E-state index contributed by atoms with van der Waals surface area (Å²) in [5.41, 5.74) is 1.75. The molecule has 8 heteroatoms. The number of benzene rings is 1. The number of rotatable bonds is 7. The lowest BCUT2D eigenvalue weighted by Crippen LogP contribution is -2.26. The summed E-state index contributed by atoms with van der Waals surface area (Å²) in [6.07, 6.45) is 1.76. The zero-order chi connectivity index (χ0) is 15.5. The summed E-state index contributed by atoms with van der Waals surface area (Å²) in [5.74, 6) is 2.03. The zero-order valence-corrected chi connectivity index (χ0v) is 13.5. The van der Waals surface area contributed by atoms with Crippen LogP contribution in [0.2, 0.25) is 0 Å². The van der Waals surface area contributed by atoms with Gasteiger partial charge in [0.05, 0.1) is 24.4 Å². The molecule has 1 N–H and O–H groups in total. The fraction of sp³-hybridized carbons (Fsp3) is 0.462. The SMILES string of the molecule is COc1ccc2c(c1)nc(CCCl)n2CCNS(C)(=O)=O. The van der Waals surface area contributed by atoms with Crippen molar-refractivity contribution in [3.05, 3.63) is 24.0 Å². The van der Waals surface area contributed by atoms with Crippen LogP contribution in [0.1, 0.15) is 5.82 Å². The summed E-state index contributed by atoms with van der Waals surface area (Å²) >= 11 is 5.81. The molecule has 0 bridgehead atoms. The summed E-state index contributed by atoms with van der Waals surface area (Å²) in [7, 11) is -1.59. The number of fused-ring (bicyclic) bond motifs is 1. The fourth-order valence-corrected chi connectivity index (χ4v) is 2.79. The number of methoxy groups -OCH3 is 1. The van der Waals surface area contributed by atoms with Gasteiger partial charge in [-0.3, -0.25) is 0 Å². The van der Waals surface area contributed by atoms with Crippen molar-refractivity contribution in [3.63, 3.8) is 0 Å². The first kappa shape index (κ1) is 16.1. The van der Waals surface area contributed by atoms with Gasteiger partial charge in [-0.25, -0.2) is 18.1 Å². The van der Waals surface area contributed by atoms with Gasteiger partial charge in [-0.15, -0.1) is 11.6 Å². The number of hydrogen-bond acceptors (Lipinski definition) is 4. The maximum atomic E-state index is 11.1. The Labute approximate surface area is 129 Å². The van der Waals surface area contributed by atoms with Crippen molar-refractivity contribution < 1.29 is 13.2 Å². The van der Waals surface area contributed by atoms with Crippen molar-refractivity contribution in [2.45, 2.75) is 13.0 Å². The predicted molar refractivity (Wildman–Crippen MR) is 83.6 cm³/mol. The van der Waals surface area contributed by atoms with E-state index in [2.05, 4.69) is 9.71 Å². The monoisotopic (exact) mass is 331 g/mol. The summed E-state index contributed by atoms with van der Waals surface area (Å²) in [5, 5.41) is 0. The molecule has 0 aliphatic heterocycles. The van der Waals surface area contributed by atoms with E-state index in [-0.39, 0.29) is 0 Å². The molecule has 2 rings (SSSR count). The van der Waals surface area contributed by atoms with Gasteiger partial charge in [-0.1, -0.05) is 0 Å². The smallest absolute Gasteiger partial charge is 0.208 e. The second kappa shape index (κ2) is 6.64. The molecule has 0 amide bonds. The van der Waals surface area contributed by atoms with Gasteiger partial charge >= 0.3 is 0 Å². The van der Waals surface area contributed by atoms with Crippen LogP contribution in [0.5, 0.6) is 5.75 Å². The van der Waals surface area contributed by atoms with Crippen LogP contribution >= 0.6 is 11.6 Å². The van der Waals surface area contributed by atoms with Crippen LogP contribution in [0.4, 0.5) is 0 Å². The summed E-state index contributed by atoms with van der Waals surface area (Å²) in [6.45, 7) is 0.813. The van der Waals surface area contributed by atoms with Gasteiger partial charge in [0.25, 0.3) is 0 Å². The molecule has 0 saturated heterocycles. The van der Waals surface area contributed by atoms with Crippen LogP contribution < -0.4 is 9.46 Å². The molecule has 0 fully saturated rings. The number of halogens is 1. The van der Waals surface area contributed by atoms with Gasteiger partial charge in [0.15, 0.2) is 0 Å². The number of aromatic nitrogens is 2. The second-order valence-electron chi connectivity index (χ2n) is 4.64. The number of aryl methyl sites for hydroxylation is 1. The lowest BCUT2D eigenvalue weighted by molar-refractivity contribution is 0.415. The molecule has 6 nitrogen and oxygen atoms in total. The van der Waals surface area contributed by atoms with Crippen molar-refractivity contribution in [2.75, 3.05) is 25.8 Å². The standard InChI is InChI=1S/C13H18ClN3O3S/c1-20-10-3-4-12-11(9-10)16-13(5-6-14)17(12)8-7-15-21(2,18)19/h3-4,9,15H,5-8H2,1-2H3.